The summed E-state index contributed by atoms with van der Waals surface area (Å²) in [7, 11) is 0. The van der Waals surface area contributed by atoms with Crippen LogP contribution in [-0.4, -0.2) is 11.9 Å². The molecular weight excluding hydrogens is 255 g/mol. The molecule has 0 spiro atoms. The average Bonchev–Trinajstić information content (AvgIpc) is 2.19. The number of nitrogens with one attached hydrogen (secondary N) is 1. The standard InChI is InChI=1S/C13H17ClN2.ClH/c1-9(2)13(15-10(3)4)16-12-8-6-5-7-11(12)14;/h5-8,10H,1H2,2-4H3,(H,15,16);1H. The topological polar surface area (TPSA) is 24.4 Å². The Labute approximate surface area is 114 Å². The summed E-state index contributed by atoms with van der Waals surface area (Å²) in [6, 6.07) is 7.81. The van der Waals surface area contributed by atoms with Gasteiger partial charge in [-0.3, -0.25) is 4.99 Å². The maximum atomic E-state index is 6.06. The molecule has 0 fully saturated rings. The second-order valence-electron chi connectivity index (χ2n) is 3.96. The zero-order chi connectivity index (χ0) is 12.1. The molecule has 17 heavy (non-hydrogen) atoms. The zero-order valence-electron chi connectivity index (χ0n) is 10.3. The molecule has 0 bridgehead atoms. The van der Waals surface area contributed by atoms with Crippen LogP contribution in [0.4, 0.5) is 5.69 Å². The van der Waals surface area contributed by atoms with Gasteiger partial charge in [0.15, 0.2) is 0 Å². The first kappa shape index (κ1) is 16.0. The first-order valence-electron chi connectivity index (χ1n) is 5.26. The second-order valence-corrected chi connectivity index (χ2v) is 4.36. The van der Waals surface area contributed by atoms with Crippen molar-refractivity contribution < 1.29 is 0 Å². The number of hydrogen-bond donors (Lipinski definition) is 1. The number of nitrogens with zero attached hydrogens (tertiary/aromatic N) is 1. The van der Waals surface area contributed by atoms with Crippen molar-refractivity contribution in [1.29, 1.82) is 0 Å². The van der Waals surface area contributed by atoms with Crippen LogP contribution < -0.4 is 5.32 Å². The molecule has 0 radical (unpaired) electrons. The Balaban J connectivity index is 0.00000256. The van der Waals surface area contributed by atoms with Gasteiger partial charge in [0.1, 0.15) is 5.84 Å². The van der Waals surface area contributed by atoms with Gasteiger partial charge in [-0.05, 0) is 38.5 Å². The SMILES string of the molecule is C=C(C)C(=NC(C)C)Nc1ccccc1Cl.Cl. The van der Waals surface area contributed by atoms with Crippen molar-refractivity contribution in [3.8, 4) is 0 Å². The third-order valence-corrected chi connectivity index (χ3v) is 2.25. The number of anilines is 1. The highest BCUT2D eigenvalue weighted by Gasteiger charge is 2.04. The molecular formula is C13H18Cl2N2. The van der Waals surface area contributed by atoms with Crippen molar-refractivity contribution in [3.63, 3.8) is 0 Å². The molecule has 1 aromatic rings. The smallest absolute Gasteiger partial charge is 0.127 e. The van der Waals surface area contributed by atoms with Gasteiger partial charge >= 0.3 is 0 Å². The van der Waals surface area contributed by atoms with Crippen LogP contribution in [0.3, 0.4) is 0 Å². The van der Waals surface area contributed by atoms with Gasteiger partial charge in [0.25, 0.3) is 0 Å². The van der Waals surface area contributed by atoms with E-state index in [4.69, 9.17) is 11.6 Å². The van der Waals surface area contributed by atoms with Crippen LogP contribution in [0.1, 0.15) is 20.8 Å². The lowest BCUT2D eigenvalue weighted by atomic mass is 10.2. The summed E-state index contributed by atoms with van der Waals surface area (Å²) in [5.41, 5.74) is 1.75. The van der Waals surface area contributed by atoms with Crippen molar-refractivity contribution in [3.05, 3.63) is 41.4 Å². The normalized spacial score (nSPS) is 11.0. The molecule has 1 rings (SSSR count). The van der Waals surface area contributed by atoms with Crippen molar-refractivity contribution in [2.75, 3.05) is 5.32 Å². The van der Waals surface area contributed by atoms with Crippen LogP contribution >= 0.6 is 24.0 Å². The minimum atomic E-state index is 0. The third-order valence-electron chi connectivity index (χ3n) is 1.92. The molecule has 0 aliphatic rings. The van der Waals surface area contributed by atoms with Gasteiger partial charge in [0, 0.05) is 6.04 Å². The summed E-state index contributed by atoms with van der Waals surface area (Å²) in [6.45, 7) is 9.87. The predicted molar refractivity (Wildman–Crippen MR) is 79.7 cm³/mol. The molecule has 1 aromatic carbocycles. The van der Waals surface area contributed by atoms with Crippen LogP contribution in [0, 0.1) is 0 Å². The van der Waals surface area contributed by atoms with Gasteiger partial charge in [-0.25, -0.2) is 0 Å². The zero-order valence-corrected chi connectivity index (χ0v) is 11.9. The molecule has 1 N–H and O–H groups in total. The molecule has 0 aliphatic carbocycles. The van der Waals surface area contributed by atoms with E-state index in [0.717, 1.165) is 17.1 Å². The van der Waals surface area contributed by atoms with E-state index >= 15 is 0 Å². The van der Waals surface area contributed by atoms with E-state index in [1.165, 1.54) is 0 Å². The predicted octanol–water partition coefficient (Wildman–Crippen LogP) is 4.56. The van der Waals surface area contributed by atoms with Crippen LogP contribution in [0.2, 0.25) is 5.02 Å². The lowest BCUT2D eigenvalue weighted by molar-refractivity contribution is 0.835. The van der Waals surface area contributed by atoms with Gasteiger partial charge in [0.2, 0.25) is 0 Å². The lowest BCUT2D eigenvalue weighted by Gasteiger charge is -2.12. The first-order chi connectivity index (χ1) is 7.50. The van der Waals surface area contributed by atoms with Crippen molar-refractivity contribution in [2.24, 2.45) is 4.99 Å². The van der Waals surface area contributed by atoms with Crippen LogP contribution in [-0.2, 0) is 0 Å². The monoisotopic (exact) mass is 272 g/mol. The molecule has 0 unspecified atom stereocenters. The molecule has 0 aliphatic heterocycles. The van der Waals surface area contributed by atoms with Crippen LogP contribution in [0.25, 0.3) is 0 Å². The Kier molecular flexibility index (Phi) is 6.93. The largest absolute Gasteiger partial charge is 0.339 e. The molecule has 94 valence electrons. The summed E-state index contributed by atoms with van der Waals surface area (Å²) < 4.78 is 0. The Morgan fingerprint density at radius 1 is 1.35 bits per heavy atom. The van der Waals surface area contributed by atoms with Crippen molar-refractivity contribution in [2.45, 2.75) is 26.8 Å². The number of rotatable bonds is 3. The fourth-order valence-electron chi connectivity index (χ4n) is 1.20. The fraction of sp³-hybridized carbons (Fsp3) is 0.308. The molecule has 4 heteroatoms. The summed E-state index contributed by atoms with van der Waals surface area (Å²) in [5, 5.41) is 3.88. The lowest BCUT2D eigenvalue weighted by Crippen LogP contribution is -2.15. The Morgan fingerprint density at radius 3 is 2.41 bits per heavy atom. The molecule has 0 saturated heterocycles. The van der Waals surface area contributed by atoms with Gasteiger partial charge in [0.05, 0.1) is 10.7 Å². The number of aliphatic imine (C=N–C) groups is 1. The maximum Gasteiger partial charge on any atom is 0.127 e. The van der Waals surface area contributed by atoms with Gasteiger partial charge in [-0.15, -0.1) is 12.4 Å². The van der Waals surface area contributed by atoms with Crippen molar-refractivity contribution in [1.82, 2.24) is 0 Å². The Morgan fingerprint density at radius 2 is 1.94 bits per heavy atom. The van der Waals surface area contributed by atoms with Gasteiger partial charge in [-0.1, -0.05) is 30.3 Å². The molecule has 0 saturated carbocycles. The number of amidine groups is 1. The number of benzene rings is 1. The van der Waals surface area contributed by atoms with E-state index in [1.54, 1.807) is 0 Å². The number of halogens is 2. The molecule has 0 amide bonds. The molecule has 2 nitrogen and oxygen atoms in total. The minimum Gasteiger partial charge on any atom is -0.339 e. The summed E-state index contributed by atoms with van der Waals surface area (Å²) >= 11 is 6.06. The minimum absolute atomic E-state index is 0. The second kappa shape index (κ2) is 7.36. The van der Waals surface area contributed by atoms with E-state index in [2.05, 4.69) is 16.9 Å². The number of para-hydroxylation sites is 1. The van der Waals surface area contributed by atoms with Crippen LogP contribution in [0.15, 0.2) is 41.4 Å². The maximum absolute atomic E-state index is 6.06. The quantitative estimate of drug-likeness (QED) is 0.633. The van der Waals surface area contributed by atoms with Crippen molar-refractivity contribution >= 4 is 35.5 Å². The third kappa shape index (κ3) is 5.24. The summed E-state index contributed by atoms with van der Waals surface area (Å²) in [6.07, 6.45) is 0. The van der Waals surface area contributed by atoms with E-state index in [1.807, 2.05) is 45.0 Å². The van der Waals surface area contributed by atoms with Gasteiger partial charge in [-0.2, -0.15) is 0 Å². The average molecular weight is 273 g/mol. The highest BCUT2D eigenvalue weighted by Crippen LogP contribution is 2.21. The summed E-state index contributed by atoms with van der Waals surface area (Å²) in [5.74, 6) is 0.781. The molecule has 0 atom stereocenters. The van der Waals surface area contributed by atoms with E-state index < -0.39 is 0 Å². The highest BCUT2D eigenvalue weighted by molar-refractivity contribution is 6.34. The van der Waals surface area contributed by atoms with Gasteiger partial charge < -0.3 is 5.32 Å². The Bertz CT molecular complexity index is 412. The van der Waals surface area contributed by atoms with E-state index in [0.29, 0.717) is 5.02 Å². The van der Waals surface area contributed by atoms with E-state index in [9.17, 15) is 0 Å². The fourth-order valence-corrected chi connectivity index (χ4v) is 1.38. The molecule has 0 heterocycles. The number of hydrogen-bond acceptors (Lipinski definition) is 1. The highest BCUT2D eigenvalue weighted by atomic mass is 35.5. The molecule has 0 aromatic heterocycles. The summed E-state index contributed by atoms with van der Waals surface area (Å²) in [4.78, 5) is 4.46. The van der Waals surface area contributed by atoms with E-state index in [-0.39, 0.29) is 18.4 Å². The van der Waals surface area contributed by atoms with Crippen LogP contribution in [0.5, 0.6) is 0 Å². The first-order valence-corrected chi connectivity index (χ1v) is 5.63. The Hall–Kier alpha value is -0.990.